The maximum Gasteiger partial charge on any atom is 0.131 e. The molecule has 0 aromatic rings. The van der Waals surface area contributed by atoms with Crippen LogP contribution in [0.1, 0.15) is 41.0 Å². The highest BCUT2D eigenvalue weighted by molar-refractivity contribution is 5.76. The first-order valence-electron chi connectivity index (χ1n) is 4.35. The summed E-state index contributed by atoms with van der Waals surface area (Å²) in [4.78, 5) is 10.8. The summed E-state index contributed by atoms with van der Waals surface area (Å²) in [5.74, 6) is 6.80. The van der Waals surface area contributed by atoms with E-state index in [1.54, 1.807) is 6.92 Å². The Kier molecular flexibility index (Phi) is 4.03. The molecule has 0 heterocycles. The van der Waals surface area contributed by atoms with Crippen LogP contribution in [0.25, 0.3) is 0 Å². The van der Waals surface area contributed by atoms with Crippen molar-refractivity contribution in [1.29, 1.82) is 0 Å². The lowest BCUT2D eigenvalue weighted by molar-refractivity contribution is -0.118. The minimum absolute atomic E-state index is 0.157. The number of hydrogen-bond donors (Lipinski definition) is 0. The first kappa shape index (κ1) is 11.2. The number of carbonyl (C=O) groups is 1. The molecule has 0 fully saturated rings. The van der Waals surface area contributed by atoms with Gasteiger partial charge < -0.3 is 0 Å². The molecule has 0 N–H and O–H groups in total. The molecule has 1 heteroatoms. The van der Waals surface area contributed by atoms with E-state index in [4.69, 9.17) is 0 Å². The van der Waals surface area contributed by atoms with Crippen LogP contribution in [0.15, 0.2) is 0 Å². The Balaban J connectivity index is 4.24. The molecule has 0 bridgehead atoms. The average Bonchev–Trinajstić information content (AvgIpc) is 1.81. The molecule has 68 valence electrons. The van der Waals surface area contributed by atoms with E-state index in [2.05, 4.69) is 25.7 Å². The smallest absolute Gasteiger partial charge is 0.131 e. The lowest BCUT2D eigenvalue weighted by Gasteiger charge is -2.14. The molecule has 12 heavy (non-hydrogen) atoms. The van der Waals surface area contributed by atoms with E-state index >= 15 is 0 Å². The zero-order valence-corrected chi connectivity index (χ0v) is 8.69. The van der Waals surface area contributed by atoms with Gasteiger partial charge in [0.05, 0.1) is 0 Å². The van der Waals surface area contributed by atoms with Crippen molar-refractivity contribution in [2.24, 2.45) is 11.3 Å². The predicted molar refractivity (Wildman–Crippen MR) is 51.7 cm³/mol. The van der Waals surface area contributed by atoms with Crippen molar-refractivity contribution in [1.82, 2.24) is 0 Å². The van der Waals surface area contributed by atoms with Gasteiger partial charge in [0.15, 0.2) is 0 Å². The van der Waals surface area contributed by atoms with Gasteiger partial charge in [0, 0.05) is 17.8 Å². The third-order valence-electron chi connectivity index (χ3n) is 1.39. The van der Waals surface area contributed by atoms with Crippen LogP contribution in [-0.2, 0) is 4.79 Å². The number of Topliss-reactive ketones (excluding diaryl/α,β-unsaturated/α-hetero) is 1. The number of carbonyl (C=O) groups excluding carboxylic acids is 1. The number of hydrogen-bond acceptors (Lipinski definition) is 1. The third-order valence-corrected chi connectivity index (χ3v) is 1.39. The van der Waals surface area contributed by atoms with E-state index in [1.807, 2.05) is 13.8 Å². The molecule has 0 aromatic heterocycles. The van der Waals surface area contributed by atoms with E-state index < -0.39 is 0 Å². The predicted octanol–water partition coefficient (Wildman–Crippen LogP) is 2.65. The molecule has 0 aliphatic carbocycles. The monoisotopic (exact) mass is 166 g/mol. The summed E-state index contributed by atoms with van der Waals surface area (Å²) < 4.78 is 0. The Hall–Kier alpha value is -0.770. The Morgan fingerprint density at radius 3 is 2.25 bits per heavy atom. The third kappa shape index (κ3) is 5.97. The topological polar surface area (TPSA) is 17.1 Å². The van der Waals surface area contributed by atoms with Gasteiger partial charge in [0.2, 0.25) is 0 Å². The van der Waals surface area contributed by atoms with Crippen LogP contribution < -0.4 is 0 Å². The zero-order valence-electron chi connectivity index (χ0n) is 8.69. The summed E-state index contributed by atoms with van der Waals surface area (Å²) in [5.41, 5.74) is -0.157. The van der Waals surface area contributed by atoms with Crippen LogP contribution in [0.5, 0.6) is 0 Å². The molecule has 0 saturated carbocycles. The summed E-state index contributed by atoms with van der Waals surface area (Å²) in [6, 6.07) is 0. The SMILES string of the molecule is CC(=O)CC(C)(C)C#CC(C)C. The maximum atomic E-state index is 10.8. The van der Waals surface area contributed by atoms with Gasteiger partial charge in [-0.1, -0.05) is 25.7 Å². The molecule has 0 spiro atoms. The summed E-state index contributed by atoms with van der Waals surface area (Å²) >= 11 is 0. The molecular formula is C11H18O. The normalized spacial score (nSPS) is 10.8. The quantitative estimate of drug-likeness (QED) is 0.576. The molecule has 0 aliphatic heterocycles. The highest BCUT2D eigenvalue weighted by atomic mass is 16.1. The fourth-order valence-electron chi connectivity index (χ4n) is 1.01. The fourth-order valence-corrected chi connectivity index (χ4v) is 1.01. The maximum absolute atomic E-state index is 10.8. The molecule has 0 saturated heterocycles. The van der Waals surface area contributed by atoms with Crippen LogP contribution >= 0.6 is 0 Å². The molecule has 1 nitrogen and oxygen atoms in total. The van der Waals surface area contributed by atoms with Crippen molar-refractivity contribution in [3.8, 4) is 11.8 Å². The summed E-state index contributed by atoms with van der Waals surface area (Å²) in [6.07, 6.45) is 0.548. The molecular weight excluding hydrogens is 148 g/mol. The van der Waals surface area contributed by atoms with Gasteiger partial charge in [-0.2, -0.15) is 0 Å². The van der Waals surface area contributed by atoms with Crippen molar-refractivity contribution in [3.05, 3.63) is 0 Å². The summed E-state index contributed by atoms with van der Waals surface area (Å²) in [5, 5.41) is 0. The Morgan fingerprint density at radius 1 is 1.42 bits per heavy atom. The average molecular weight is 166 g/mol. The zero-order chi connectivity index (χ0) is 9.78. The van der Waals surface area contributed by atoms with Crippen molar-refractivity contribution < 1.29 is 4.79 Å². The highest BCUT2D eigenvalue weighted by Gasteiger charge is 2.16. The number of ketones is 1. The van der Waals surface area contributed by atoms with E-state index in [0.29, 0.717) is 12.3 Å². The van der Waals surface area contributed by atoms with Crippen LogP contribution in [0.4, 0.5) is 0 Å². The fraction of sp³-hybridized carbons (Fsp3) is 0.727. The van der Waals surface area contributed by atoms with Gasteiger partial charge in [0.25, 0.3) is 0 Å². The Labute approximate surface area is 75.5 Å². The minimum atomic E-state index is -0.157. The van der Waals surface area contributed by atoms with Crippen LogP contribution in [0.3, 0.4) is 0 Å². The van der Waals surface area contributed by atoms with Crippen LogP contribution in [0, 0.1) is 23.2 Å². The second kappa shape index (κ2) is 4.30. The first-order chi connectivity index (χ1) is 5.33. The van der Waals surface area contributed by atoms with Crippen molar-refractivity contribution in [2.45, 2.75) is 41.0 Å². The Morgan fingerprint density at radius 2 is 1.92 bits per heavy atom. The summed E-state index contributed by atoms with van der Waals surface area (Å²) in [6.45, 7) is 9.72. The van der Waals surface area contributed by atoms with Gasteiger partial charge in [-0.3, -0.25) is 4.79 Å². The molecule has 0 atom stereocenters. The van der Waals surface area contributed by atoms with E-state index in [0.717, 1.165) is 0 Å². The van der Waals surface area contributed by atoms with Gasteiger partial charge in [-0.05, 0) is 20.8 Å². The van der Waals surface area contributed by atoms with Crippen molar-refractivity contribution in [3.63, 3.8) is 0 Å². The van der Waals surface area contributed by atoms with E-state index in [1.165, 1.54) is 0 Å². The minimum Gasteiger partial charge on any atom is -0.300 e. The molecule has 0 rings (SSSR count). The first-order valence-corrected chi connectivity index (χ1v) is 4.35. The Bertz CT molecular complexity index is 213. The van der Waals surface area contributed by atoms with Gasteiger partial charge in [-0.25, -0.2) is 0 Å². The highest BCUT2D eigenvalue weighted by Crippen LogP contribution is 2.19. The van der Waals surface area contributed by atoms with Gasteiger partial charge >= 0.3 is 0 Å². The molecule has 0 amide bonds. The largest absolute Gasteiger partial charge is 0.300 e. The van der Waals surface area contributed by atoms with E-state index in [9.17, 15) is 4.79 Å². The summed E-state index contributed by atoms with van der Waals surface area (Å²) in [7, 11) is 0. The van der Waals surface area contributed by atoms with Crippen molar-refractivity contribution in [2.75, 3.05) is 0 Å². The lowest BCUT2D eigenvalue weighted by atomic mass is 9.88. The lowest BCUT2D eigenvalue weighted by Crippen LogP contribution is -2.12. The van der Waals surface area contributed by atoms with E-state index in [-0.39, 0.29) is 11.2 Å². The van der Waals surface area contributed by atoms with Crippen LogP contribution in [0.2, 0.25) is 0 Å². The van der Waals surface area contributed by atoms with Gasteiger partial charge in [-0.15, -0.1) is 0 Å². The van der Waals surface area contributed by atoms with Crippen molar-refractivity contribution >= 4 is 5.78 Å². The van der Waals surface area contributed by atoms with Gasteiger partial charge in [0.1, 0.15) is 5.78 Å². The number of rotatable bonds is 2. The molecule has 0 aliphatic rings. The second-order valence-electron chi connectivity index (χ2n) is 4.19. The second-order valence-corrected chi connectivity index (χ2v) is 4.19. The standard InChI is InChI=1S/C11H18O/c1-9(2)6-7-11(4,5)8-10(3)12/h9H,8H2,1-5H3. The molecule has 0 radical (unpaired) electrons. The molecule has 0 unspecified atom stereocenters. The van der Waals surface area contributed by atoms with Crippen LogP contribution in [-0.4, -0.2) is 5.78 Å². The molecule has 0 aromatic carbocycles.